The first-order chi connectivity index (χ1) is 9.97. The van der Waals surface area contributed by atoms with Gasteiger partial charge in [-0.15, -0.1) is 0 Å². The molecule has 0 amide bonds. The second kappa shape index (κ2) is 8.28. The van der Waals surface area contributed by atoms with Crippen molar-refractivity contribution in [1.82, 2.24) is 20.6 Å². The molecule has 118 valence electrons. The monoisotopic (exact) mass is 304 g/mol. The molecule has 0 spiro atoms. The van der Waals surface area contributed by atoms with Crippen molar-refractivity contribution in [2.24, 2.45) is 4.99 Å². The Hall–Kier alpha value is -2.06. The molecule has 1 rings (SSSR count). The standard InChI is InChI=1S/C12H19F3N6/c1-3-16-10(17-4-2)19-7-8-20-11-18-6-5-9(21-11)12(13,14)15/h5-6H,3-4,7-8H2,1-2H3,(H2,16,17,19)(H,18,20,21). The van der Waals surface area contributed by atoms with Crippen LogP contribution >= 0.6 is 0 Å². The number of rotatable bonds is 6. The van der Waals surface area contributed by atoms with Gasteiger partial charge in [-0.1, -0.05) is 0 Å². The first-order valence-electron chi connectivity index (χ1n) is 6.63. The molecule has 0 aliphatic heterocycles. The van der Waals surface area contributed by atoms with E-state index in [4.69, 9.17) is 0 Å². The van der Waals surface area contributed by atoms with Crippen molar-refractivity contribution < 1.29 is 13.2 Å². The second-order valence-corrected chi connectivity index (χ2v) is 3.98. The number of hydrogen-bond acceptors (Lipinski definition) is 4. The Labute approximate surface area is 121 Å². The van der Waals surface area contributed by atoms with Gasteiger partial charge in [0.15, 0.2) is 5.96 Å². The molecule has 1 aromatic rings. The summed E-state index contributed by atoms with van der Waals surface area (Å²) in [5, 5.41) is 8.80. The van der Waals surface area contributed by atoms with E-state index in [9.17, 15) is 13.2 Å². The normalized spacial score (nSPS) is 10.9. The van der Waals surface area contributed by atoms with Crippen molar-refractivity contribution in [3.63, 3.8) is 0 Å². The van der Waals surface area contributed by atoms with Crippen LogP contribution in [-0.2, 0) is 6.18 Å². The molecular formula is C12H19F3N6. The Morgan fingerprint density at radius 1 is 1.24 bits per heavy atom. The number of nitrogens with zero attached hydrogens (tertiary/aromatic N) is 3. The maximum atomic E-state index is 12.5. The number of hydrogen-bond donors (Lipinski definition) is 3. The largest absolute Gasteiger partial charge is 0.433 e. The van der Waals surface area contributed by atoms with Crippen molar-refractivity contribution >= 4 is 11.9 Å². The average Bonchev–Trinajstić information content (AvgIpc) is 2.43. The van der Waals surface area contributed by atoms with Crippen LogP contribution in [0.3, 0.4) is 0 Å². The summed E-state index contributed by atoms with van der Waals surface area (Å²) in [6.45, 7) is 6.08. The lowest BCUT2D eigenvalue weighted by Gasteiger charge is -2.10. The summed E-state index contributed by atoms with van der Waals surface area (Å²) >= 11 is 0. The highest BCUT2D eigenvalue weighted by atomic mass is 19.4. The van der Waals surface area contributed by atoms with E-state index in [1.807, 2.05) is 13.8 Å². The number of nitrogens with one attached hydrogen (secondary N) is 3. The van der Waals surface area contributed by atoms with Crippen LogP contribution in [0, 0.1) is 0 Å². The van der Waals surface area contributed by atoms with Gasteiger partial charge in [-0.05, 0) is 19.9 Å². The minimum absolute atomic E-state index is 0.0616. The summed E-state index contributed by atoms with van der Waals surface area (Å²) in [6, 6.07) is 0.831. The second-order valence-electron chi connectivity index (χ2n) is 3.98. The van der Waals surface area contributed by atoms with Crippen molar-refractivity contribution in [2.45, 2.75) is 20.0 Å². The van der Waals surface area contributed by atoms with Crippen molar-refractivity contribution in [1.29, 1.82) is 0 Å². The molecule has 0 radical (unpaired) electrons. The fourth-order valence-corrected chi connectivity index (χ4v) is 1.45. The van der Waals surface area contributed by atoms with Gasteiger partial charge < -0.3 is 16.0 Å². The van der Waals surface area contributed by atoms with E-state index < -0.39 is 11.9 Å². The quantitative estimate of drug-likeness (QED) is 0.422. The molecule has 0 saturated carbocycles. The third-order valence-electron chi connectivity index (χ3n) is 2.30. The van der Waals surface area contributed by atoms with Gasteiger partial charge in [0.1, 0.15) is 5.69 Å². The van der Waals surface area contributed by atoms with Gasteiger partial charge in [0, 0.05) is 25.8 Å². The van der Waals surface area contributed by atoms with Crippen molar-refractivity contribution in [3.8, 4) is 0 Å². The molecule has 0 aromatic carbocycles. The van der Waals surface area contributed by atoms with Gasteiger partial charge in [-0.25, -0.2) is 9.97 Å². The third kappa shape index (κ3) is 6.28. The zero-order valence-electron chi connectivity index (χ0n) is 12.0. The van der Waals surface area contributed by atoms with E-state index in [2.05, 4.69) is 30.9 Å². The number of guanidine groups is 1. The van der Waals surface area contributed by atoms with Crippen LogP contribution in [0.4, 0.5) is 19.1 Å². The van der Waals surface area contributed by atoms with Gasteiger partial charge in [-0.3, -0.25) is 4.99 Å². The van der Waals surface area contributed by atoms with Crippen LogP contribution in [0.5, 0.6) is 0 Å². The molecule has 0 bridgehead atoms. The van der Waals surface area contributed by atoms with Crippen LogP contribution < -0.4 is 16.0 Å². The van der Waals surface area contributed by atoms with Crippen molar-refractivity contribution in [3.05, 3.63) is 18.0 Å². The van der Waals surface area contributed by atoms with E-state index in [-0.39, 0.29) is 5.95 Å². The third-order valence-corrected chi connectivity index (χ3v) is 2.30. The van der Waals surface area contributed by atoms with E-state index >= 15 is 0 Å². The fraction of sp³-hybridized carbons (Fsp3) is 0.583. The highest BCUT2D eigenvalue weighted by Gasteiger charge is 2.32. The minimum Gasteiger partial charge on any atom is -0.357 e. The zero-order valence-corrected chi connectivity index (χ0v) is 12.0. The molecule has 1 heterocycles. The SMILES string of the molecule is CCNC(=NCCNc1nccc(C(F)(F)F)n1)NCC. The van der Waals surface area contributed by atoms with Gasteiger partial charge in [0.2, 0.25) is 5.95 Å². The number of anilines is 1. The predicted octanol–water partition coefficient (Wildman–Crippen LogP) is 1.48. The summed E-state index contributed by atoms with van der Waals surface area (Å²) in [7, 11) is 0. The zero-order chi connectivity index (χ0) is 15.7. The summed E-state index contributed by atoms with van der Waals surface area (Å²) in [6.07, 6.45) is -3.40. The number of alkyl halides is 3. The van der Waals surface area contributed by atoms with Crippen LogP contribution in [0.25, 0.3) is 0 Å². The fourth-order valence-electron chi connectivity index (χ4n) is 1.45. The first-order valence-corrected chi connectivity index (χ1v) is 6.63. The van der Waals surface area contributed by atoms with E-state index in [1.54, 1.807) is 0 Å². The molecule has 0 aliphatic carbocycles. The molecule has 0 aliphatic rings. The van der Waals surface area contributed by atoms with Crippen LogP contribution in [0.2, 0.25) is 0 Å². The molecule has 1 aromatic heterocycles. The van der Waals surface area contributed by atoms with Crippen LogP contribution in [-0.4, -0.2) is 42.1 Å². The Bertz CT molecular complexity index is 453. The number of aliphatic imine (C=N–C) groups is 1. The summed E-state index contributed by atoms with van der Waals surface area (Å²) in [5.74, 6) is 0.597. The van der Waals surface area contributed by atoms with E-state index in [1.165, 1.54) is 0 Å². The van der Waals surface area contributed by atoms with Gasteiger partial charge >= 0.3 is 6.18 Å². The van der Waals surface area contributed by atoms with Gasteiger partial charge in [-0.2, -0.15) is 13.2 Å². The number of aromatic nitrogens is 2. The lowest BCUT2D eigenvalue weighted by molar-refractivity contribution is -0.141. The van der Waals surface area contributed by atoms with Gasteiger partial charge in [0.25, 0.3) is 0 Å². The molecule has 9 heteroatoms. The van der Waals surface area contributed by atoms with Crippen LogP contribution in [0.1, 0.15) is 19.5 Å². The average molecular weight is 304 g/mol. The highest BCUT2D eigenvalue weighted by molar-refractivity contribution is 5.79. The maximum absolute atomic E-state index is 12.5. The van der Waals surface area contributed by atoms with E-state index in [0.717, 1.165) is 25.4 Å². The maximum Gasteiger partial charge on any atom is 0.433 e. The molecule has 0 saturated heterocycles. The van der Waals surface area contributed by atoms with Crippen LogP contribution in [0.15, 0.2) is 17.3 Å². The Morgan fingerprint density at radius 3 is 2.48 bits per heavy atom. The highest BCUT2D eigenvalue weighted by Crippen LogP contribution is 2.27. The lowest BCUT2D eigenvalue weighted by atomic mass is 10.4. The molecule has 0 unspecified atom stereocenters. The topological polar surface area (TPSA) is 74.2 Å². The Kier molecular flexibility index (Phi) is 6.70. The number of halogens is 3. The van der Waals surface area contributed by atoms with Gasteiger partial charge in [0.05, 0.1) is 6.54 Å². The Balaban J connectivity index is 2.50. The summed E-state index contributed by atoms with van der Waals surface area (Å²) in [4.78, 5) is 11.4. The summed E-state index contributed by atoms with van der Waals surface area (Å²) < 4.78 is 37.4. The predicted molar refractivity (Wildman–Crippen MR) is 75.2 cm³/mol. The first kappa shape index (κ1) is 17.0. The van der Waals surface area contributed by atoms with E-state index in [0.29, 0.717) is 19.0 Å². The minimum atomic E-state index is -4.47. The molecule has 6 nitrogen and oxygen atoms in total. The molecule has 0 fully saturated rings. The molecular weight excluding hydrogens is 285 g/mol. The molecule has 3 N–H and O–H groups in total. The smallest absolute Gasteiger partial charge is 0.357 e. The van der Waals surface area contributed by atoms with Crippen molar-refractivity contribution in [2.75, 3.05) is 31.5 Å². The summed E-state index contributed by atoms with van der Waals surface area (Å²) in [5.41, 5.74) is -0.968. The molecule has 0 atom stereocenters. The molecule has 21 heavy (non-hydrogen) atoms. The Morgan fingerprint density at radius 2 is 1.90 bits per heavy atom. The lowest BCUT2D eigenvalue weighted by Crippen LogP contribution is -2.37.